The molecule has 6 nitrogen and oxygen atoms in total. The van der Waals surface area contributed by atoms with E-state index in [1.807, 2.05) is 0 Å². The lowest BCUT2D eigenvalue weighted by Crippen LogP contribution is -2.37. The highest BCUT2D eigenvalue weighted by atomic mass is 35.5. The molecule has 0 fully saturated rings. The second kappa shape index (κ2) is 4.98. The van der Waals surface area contributed by atoms with Crippen LogP contribution >= 0.6 is 11.6 Å². The zero-order valence-electron chi connectivity index (χ0n) is 9.24. The smallest absolute Gasteiger partial charge is 0.285 e. The molecular weight excluding hydrogens is 232 g/mol. The van der Waals surface area contributed by atoms with Gasteiger partial charge in [-0.1, -0.05) is 11.6 Å². The number of aromatic nitrogens is 2. The van der Waals surface area contributed by atoms with Crippen LogP contribution in [-0.2, 0) is 4.79 Å². The number of rotatable bonds is 3. The van der Waals surface area contributed by atoms with Gasteiger partial charge in [0.05, 0.1) is 11.9 Å². The van der Waals surface area contributed by atoms with E-state index in [1.54, 1.807) is 21.0 Å². The van der Waals surface area contributed by atoms with E-state index in [9.17, 15) is 9.59 Å². The van der Waals surface area contributed by atoms with Gasteiger partial charge in [0.25, 0.3) is 5.56 Å². The van der Waals surface area contributed by atoms with E-state index in [0.29, 0.717) is 5.69 Å². The van der Waals surface area contributed by atoms with Crippen LogP contribution in [0, 0.1) is 0 Å². The van der Waals surface area contributed by atoms with Crippen LogP contribution in [0.5, 0.6) is 0 Å². The summed E-state index contributed by atoms with van der Waals surface area (Å²) in [6.07, 6.45) is 1.36. The van der Waals surface area contributed by atoms with Crippen molar-refractivity contribution in [3.63, 3.8) is 0 Å². The van der Waals surface area contributed by atoms with E-state index in [1.165, 1.54) is 11.1 Å². The van der Waals surface area contributed by atoms with Gasteiger partial charge < -0.3 is 10.2 Å². The summed E-state index contributed by atoms with van der Waals surface area (Å²) in [5.74, 6) is -0.114. The van der Waals surface area contributed by atoms with Crippen molar-refractivity contribution in [2.24, 2.45) is 0 Å². The monoisotopic (exact) mass is 244 g/mol. The third kappa shape index (κ3) is 2.73. The quantitative estimate of drug-likeness (QED) is 0.802. The molecule has 1 heterocycles. The van der Waals surface area contributed by atoms with Gasteiger partial charge in [0, 0.05) is 14.1 Å². The highest BCUT2D eigenvalue weighted by Crippen LogP contribution is 2.15. The number of hydrogen-bond acceptors (Lipinski definition) is 4. The summed E-state index contributed by atoms with van der Waals surface area (Å²) in [4.78, 5) is 24.1. The molecule has 0 aliphatic carbocycles. The Morgan fingerprint density at radius 3 is 2.81 bits per heavy atom. The average molecular weight is 245 g/mol. The Kier molecular flexibility index (Phi) is 3.89. The van der Waals surface area contributed by atoms with Crippen molar-refractivity contribution in [2.75, 3.05) is 19.4 Å². The van der Waals surface area contributed by atoms with Crippen molar-refractivity contribution >= 4 is 23.2 Å². The van der Waals surface area contributed by atoms with Crippen LogP contribution in [0.4, 0.5) is 5.69 Å². The van der Waals surface area contributed by atoms with E-state index in [-0.39, 0.29) is 10.9 Å². The second-order valence-corrected chi connectivity index (χ2v) is 3.90. The van der Waals surface area contributed by atoms with E-state index >= 15 is 0 Å². The van der Waals surface area contributed by atoms with Gasteiger partial charge in [0.15, 0.2) is 0 Å². The summed E-state index contributed by atoms with van der Waals surface area (Å²) in [5.41, 5.74) is -0.149. The lowest BCUT2D eigenvalue weighted by atomic mass is 10.3. The summed E-state index contributed by atoms with van der Waals surface area (Å²) < 4.78 is 0. The van der Waals surface area contributed by atoms with Crippen molar-refractivity contribution in [3.8, 4) is 0 Å². The fourth-order valence-corrected chi connectivity index (χ4v) is 1.31. The maximum Gasteiger partial charge on any atom is 0.285 e. The number of nitrogens with zero attached hydrogens (tertiary/aromatic N) is 2. The minimum absolute atomic E-state index is 0.00611. The lowest BCUT2D eigenvalue weighted by molar-refractivity contribution is -0.129. The first-order valence-corrected chi connectivity index (χ1v) is 5.02. The van der Waals surface area contributed by atoms with Crippen LogP contribution in [0.15, 0.2) is 11.0 Å². The molecule has 88 valence electrons. The number of carbonyl (C=O) groups excluding carboxylic acids is 1. The van der Waals surface area contributed by atoms with Gasteiger partial charge in [0.2, 0.25) is 5.91 Å². The molecular formula is C9H13ClN4O2. The molecule has 0 radical (unpaired) electrons. The Hall–Kier alpha value is -1.56. The van der Waals surface area contributed by atoms with Gasteiger partial charge in [0.1, 0.15) is 11.1 Å². The van der Waals surface area contributed by atoms with Crippen LogP contribution in [0.25, 0.3) is 0 Å². The van der Waals surface area contributed by atoms with E-state index < -0.39 is 11.6 Å². The van der Waals surface area contributed by atoms with E-state index in [0.717, 1.165) is 0 Å². The maximum absolute atomic E-state index is 11.6. The lowest BCUT2D eigenvalue weighted by Gasteiger charge is -2.18. The molecule has 0 spiro atoms. The van der Waals surface area contributed by atoms with Crippen LogP contribution in [0.3, 0.4) is 0 Å². The Labute approximate surface area is 97.6 Å². The molecule has 1 amide bonds. The highest BCUT2D eigenvalue weighted by molar-refractivity contribution is 6.33. The van der Waals surface area contributed by atoms with Crippen LogP contribution in [0.2, 0.25) is 5.02 Å². The standard InChI is InChI=1S/C9H13ClN4O2/c1-5(9(16)14(2)3)12-6-4-11-13-8(15)7(6)10/h4-5H,1-3H3,(H2,12,13,15). The summed E-state index contributed by atoms with van der Waals surface area (Å²) >= 11 is 5.75. The van der Waals surface area contributed by atoms with Gasteiger partial charge in [-0.05, 0) is 6.92 Å². The molecule has 0 aliphatic rings. The van der Waals surface area contributed by atoms with Crippen molar-refractivity contribution < 1.29 is 4.79 Å². The number of aromatic amines is 1. The third-order valence-electron chi connectivity index (χ3n) is 1.98. The summed E-state index contributed by atoms with van der Waals surface area (Å²) in [6.45, 7) is 1.68. The molecule has 0 saturated heterocycles. The van der Waals surface area contributed by atoms with Crippen LogP contribution < -0.4 is 10.9 Å². The zero-order chi connectivity index (χ0) is 12.3. The first kappa shape index (κ1) is 12.5. The SMILES string of the molecule is CC(Nc1cn[nH]c(=O)c1Cl)C(=O)N(C)C. The van der Waals surface area contributed by atoms with Crippen molar-refractivity contribution in [2.45, 2.75) is 13.0 Å². The molecule has 1 atom stereocenters. The number of H-pyrrole nitrogens is 1. The molecule has 0 aromatic carbocycles. The first-order chi connectivity index (χ1) is 7.43. The van der Waals surface area contributed by atoms with Crippen LogP contribution in [0.1, 0.15) is 6.92 Å². The molecule has 1 aromatic heterocycles. The Morgan fingerprint density at radius 2 is 2.25 bits per heavy atom. The Balaban J connectivity index is 2.85. The van der Waals surface area contributed by atoms with Gasteiger partial charge >= 0.3 is 0 Å². The van der Waals surface area contributed by atoms with E-state index in [4.69, 9.17) is 11.6 Å². The average Bonchev–Trinajstić information content (AvgIpc) is 2.23. The molecule has 0 aliphatic heterocycles. The summed E-state index contributed by atoms with van der Waals surface area (Å²) in [6, 6.07) is -0.476. The number of nitrogens with one attached hydrogen (secondary N) is 2. The normalized spacial score (nSPS) is 12.0. The predicted molar refractivity (Wildman–Crippen MR) is 61.6 cm³/mol. The molecule has 1 rings (SSSR count). The Morgan fingerprint density at radius 1 is 1.62 bits per heavy atom. The molecule has 16 heavy (non-hydrogen) atoms. The van der Waals surface area contributed by atoms with Gasteiger partial charge in [-0.15, -0.1) is 0 Å². The third-order valence-corrected chi connectivity index (χ3v) is 2.35. The number of amides is 1. The molecule has 1 unspecified atom stereocenters. The van der Waals surface area contributed by atoms with Gasteiger partial charge in [-0.3, -0.25) is 9.59 Å². The number of anilines is 1. The van der Waals surface area contributed by atoms with E-state index in [2.05, 4.69) is 15.5 Å². The highest BCUT2D eigenvalue weighted by Gasteiger charge is 2.16. The predicted octanol–water partition coefficient (Wildman–Crippen LogP) is 0.312. The Bertz CT molecular complexity index is 443. The fourth-order valence-electron chi connectivity index (χ4n) is 1.17. The zero-order valence-corrected chi connectivity index (χ0v) is 10.00. The number of halogens is 1. The summed E-state index contributed by atoms with van der Waals surface area (Å²) in [7, 11) is 3.30. The van der Waals surface area contributed by atoms with Crippen molar-refractivity contribution in [1.29, 1.82) is 0 Å². The van der Waals surface area contributed by atoms with Crippen molar-refractivity contribution in [1.82, 2.24) is 15.1 Å². The minimum Gasteiger partial charge on any atom is -0.371 e. The molecule has 7 heteroatoms. The number of carbonyl (C=O) groups is 1. The maximum atomic E-state index is 11.6. The topological polar surface area (TPSA) is 78.1 Å². The van der Waals surface area contributed by atoms with Gasteiger partial charge in [-0.2, -0.15) is 5.10 Å². The molecule has 1 aromatic rings. The second-order valence-electron chi connectivity index (χ2n) is 3.53. The molecule has 0 bridgehead atoms. The largest absolute Gasteiger partial charge is 0.371 e. The van der Waals surface area contributed by atoms with Crippen molar-refractivity contribution in [3.05, 3.63) is 21.6 Å². The molecule has 2 N–H and O–H groups in total. The van der Waals surface area contributed by atoms with Gasteiger partial charge in [-0.25, -0.2) is 5.10 Å². The first-order valence-electron chi connectivity index (χ1n) is 4.64. The fraction of sp³-hybridized carbons (Fsp3) is 0.444. The van der Waals surface area contributed by atoms with Crippen LogP contribution in [-0.4, -0.2) is 41.1 Å². The minimum atomic E-state index is -0.490. The molecule has 0 saturated carbocycles. The summed E-state index contributed by atoms with van der Waals surface area (Å²) in [5, 5.41) is 8.61. The number of likely N-dealkylation sites (N-methyl/N-ethyl adjacent to an activating group) is 1. The number of hydrogen-bond donors (Lipinski definition) is 2.